The fourth-order valence-corrected chi connectivity index (χ4v) is 2.61. The van der Waals surface area contributed by atoms with Gasteiger partial charge in [0.05, 0.1) is 10.5 Å². The fourth-order valence-electron chi connectivity index (χ4n) is 2.09. The molecule has 1 amide bonds. The van der Waals surface area contributed by atoms with Crippen molar-refractivity contribution in [1.82, 2.24) is 5.32 Å². The molecule has 138 valence electrons. The van der Waals surface area contributed by atoms with Crippen LogP contribution in [0.1, 0.15) is 15.9 Å². The molecule has 0 heterocycles. The first-order valence-corrected chi connectivity index (χ1v) is 9.15. The van der Waals surface area contributed by atoms with Crippen LogP contribution < -0.4 is 10.5 Å². The quantitative estimate of drug-likeness (QED) is 0.602. The maximum atomic E-state index is 11.7. The Morgan fingerprint density at radius 3 is 2.42 bits per heavy atom. The Kier molecular flexibility index (Phi) is 6.31. The summed E-state index contributed by atoms with van der Waals surface area (Å²) in [7, 11) is -3.73. The molecule has 2 aromatic carbocycles. The lowest BCUT2D eigenvalue weighted by molar-refractivity contribution is -0.124. The molecule has 9 heteroatoms. The molecule has 2 rings (SSSR count). The molecule has 0 saturated carbocycles. The Balaban J connectivity index is 1.74. The highest BCUT2D eigenvalue weighted by molar-refractivity contribution is 7.89. The van der Waals surface area contributed by atoms with E-state index in [9.17, 15) is 23.1 Å². The molecule has 0 atom stereocenters. The zero-order valence-corrected chi connectivity index (χ0v) is 14.5. The van der Waals surface area contributed by atoms with Crippen LogP contribution in [0.15, 0.2) is 53.4 Å². The van der Waals surface area contributed by atoms with E-state index in [-0.39, 0.29) is 22.8 Å². The summed E-state index contributed by atoms with van der Waals surface area (Å²) in [5.74, 6) is -1.26. The van der Waals surface area contributed by atoms with E-state index in [1.54, 1.807) is 12.1 Å². The number of primary sulfonamides is 1. The Morgan fingerprint density at radius 1 is 1.12 bits per heavy atom. The summed E-state index contributed by atoms with van der Waals surface area (Å²) in [6, 6.07) is 11.6. The van der Waals surface area contributed by atoms with Crippen molar-refractivity contribution in [3.63, 3.8) is 0 Å². The SMILES string of the molecule is NS(=O)(=O)c1ccc(CCNC(=O)COC(=O)c2cccc(O)c2)cc1. The number of carbonyl (C=O) groups is 2. The number of rotatable bonds is 7. The maximum Gasteiger partial charge on any atom is 0.338 e. The third-order valence-electron chi connectivity index (χ3n) is 3.40. The van der Waals surface area contributed by atoms with Gasteiger partial charge in [-0.1, -0.05) is 18.2 Å². The fraction of sp³-hybridized carbons (Fsp3) is 0.176. The van der Waals surface area contributed by atoms with E-state index in [1.165, 1.54) is 36.4 Å². The highest BCUT2D eigenvalue weighted by Crippen LogP contribution is 2.12. The molecule has 8 nitrogen and oxygen atoms in total. The van der Waals surface area contributed by atoms with Crippen LogP contribution in [0.2, 0.25) is 0 Å². The molecular formula is C17H18N2O6S. The number of hydrogen-bond donors (Lipinski definition) is 3. The largest absolute Gasteiger partial charge is 0.508 e. The molecule has 0 unspecified atom stereocenters. The van der Waals surface area contributed by atoms with E-state index >= 15 is 0 Å². The number of esters is 1. The van der Waals surface area contributed by atoms with Gasteiger partial charge in [0.25, 0.3) is 5.91 Å². The van der Waals surface area contributed by atoms with Crippen LogP contribution in [0.4, 0.5) is 0 Å². The number of hydrogen-bond acceptors (Lipinski definition) is 6. The molecule has 0 aromatic heterocycles. The van der Waals surface area contributed by atoms with Crippen molar-refractivity contribution in [2.45, 2.75) is 11.3 Å². The van der Waals surface area contributed by atoms with E-state index in [2.05, 4.69) is 5.32 Å². The molecule has 0 aliphatic heterocycles. The minimum absolute atomic E-state index is 0.0177. The molecule has 0 aliphatic rings. The minimum Gasteiger partial charge on any atom is -0.508 e. The van der Waals surface area contributed by atoms with Crippen LogP contribution in [0, 0.1) is 0 Å². The summed E-state index contributed by atoms with van der Waals surface area (Å²) >= 11 is 0. The number of benzene rings is 2. The smallest absolute Gasteiger partial charge is 0.338 e. The standard InChI is InChI=1S/C17H18N2O6S/c18-26(23,24)15-6-4-12(5-7-15)8-9-19-16(21)11-25-17(22)13-2-1-3-14(20)10-13/h1-7,10,20H,8-9,11H2,(H,19,21)(H2,18,23,24). The molecule has 0 fully saturated rings. The van der Waals surface area contributed by atoms with Crippen molar-refractivity contribution >= 4 is 21.9 Å². The monoisotopic (exact) mass is 378 g/mol. The molecule has 26 heavy (non-hydrogen) atoms. The molecule has 4 N–H and O–H groups in total. The van der Waals surface area contributed by atoms with Crippen molar-refractivity contribution < 1.29 is 27.9 Å². The summed E-state index contributed by atoms with van der Waals surface area (Å²) in [5, 5.41) is 16.9. The third-order valence-corrected chi connectivity index (χ3v) is 4.33. The number of ether oxygens (including phenoxy) is 1. The Hall–Kier alpha value is -2.91. The van der Waals surface area contributed by atoms with Crippen LogP contribution in [-0.4, -0.2) is 38.6 Å². The van der Waals surface area contributed by atoms with E-state index in [0.29, 0.717) is 6.42 Å². The second-order valence-corrected chi connectivity index (χ2v) is 6.98. The lowest BCUT2D eigenvalue weighted by Crippen LogP contribution is -2.30. The Morgan fingerprint density at radius 2 is 1.81 bits per heavy atom. The number of phenols is 1. The number of nitrogens with one attached hydrogen (secondary N) is 1. The van der Waals surface area contributed by atoms with Gasteiger partial charge in [0, 0.05) is 6.54 Å². The van der Waals surface area contributed by atoms with Gasteiger partial charge in [0.1, 0.15) is 5.75 Å². The lowest BCUT2D eigenvalue weighted by atomic mass is 10.1. The molecule has 0 radical (unpaired) electrons. The van der Waals surface area contributed by atoms with Gasteiger partial charge in [0.15, 0.2) is 6.61 Å². The first kappa shape index (κ1) is 19.4. The molecule has 2 aromatic rings. The number of carbonyl (C=O) groups excluding carboxylic acids is 2. The summed E-state index contributed by atoms with van der Waals surface area (Å²) in [4.78, 5) is 23.4. The predicted molar refractivity (Wildman–Crippen MR) is 92.9 cm³/mol. The Labute approximate surface area is 150 Å². The van der Waals surface area contributed by atoms with Crippen LogP contribution in [0.25, 0.3) is 0 Å². The maximum absolute atomic E-state index is 11.7. The number of sulfonamides is 1. The number of aromatic hydroxyl groups is 1. The zero-order valence-electron chi connectivity index (χ0n) is 13.7. The van der Waals surface area contributed by atoms with Gasteiger partial charge in [-0.15, -0.1) is 0 Å². The van der Waals surface area contributed by atoms with Gasteiger partial charge < -0.3 is 15.2 Å². The van der Waals surface area contributed by atoms with Crippen molar-refractivity contribution in [1.29, 1.82) is 0 Å². The van der Waals surface area contributed by atoms with Crippen LogP contribution in [0.5, 0.6) is 5.75 Å². The van der Waals surface area contributed by atoms with E-state index in [4.69, 9.17) is 9.88 Å². The average Bonchev–Trinajstić information content (AvgIpc) is 2.59. The van der Waals surface area contributed by atoms with Gasteiger partial charge in [-0.05, 0) is 42.3 Å². The number of phenolic OH excluding ortho intramolecular Hbond substituents is 1. The van der Waals surface area contributed by atoms with Crippen LogP contribution in [0.3, 0.4) is 0 Å². The molecular weight excluding hydrogens is 360 g/mol. The van der Waals surface area contributed by atoms with Crippen LogP contribution >= 0.6 is 0 Å². The van der Waals surface area contributed by atoms with Gasteiger partial charge >= 0.3 is 5.97 Å². The van der Waals surface area contributed by atoms with E-state index in [0.717, 1.165) is 5.56 Å². The van der Waals surface area contributed by atoms with Gasteiger partial charge in [0.2, 0.25) is 10.0 Å². The third kappa shape index (κ3) is 5.87. The predicted octanol–water partition coefficient (Wildman–Crippen LogP) is 0.555. The Bertz CT molecular complexity index is 894. The lowest BCUT2D eigenvalue weighted by Gasteiger charge is -2.07. The molecule has 0 aliphatic carbocycles. The molecule has 0 saturated heterocycles. The summed E-state index contributed by atoms with van der Waals surface area (Å²) in [6.45, 7) is -0.157. The number of amides is 1. The minimum atomic E-state index is -3.73. The van der Waals surface area contributed by atoms with E-state index < -0.39 is 28.5 Å². The average molecular weight is 378 g/mol. The second-order valence-electron chi connectivity index (χ2n) is 5.42. The molecule has 0 spiro atoms. The second kappa shape index (κ2) is 8.45. The van der Waals surface area contributed by atoms with E-state index in [1.807, 2.05) is 0 Å². The number of nitrogens with two attached hydrogens (primary N) is 1. The highest BCUT2D eigenvalue weighted by atomic mass is 32.2. The summed E-state index contributed by atoms with van der Waals surface area (Å²) in [6.07, 6.45) is 0.469. The first-order valence-electron chi connectivity index (χ1n) is 7.60. The topological polar surface area (TPSA) is 136 Å². The van der Waals surface area contributed by atoms with Crippen molar-refractivity contribution in [2.24, 2.45) is 5.14 Å². The van der Waals surface area contributed by atoms with Crippen molar-refractivity contribution in [2.75, 3.05) is 13.2 Å². The van der Waals surface area contributed by atoms with Gasteiger partial charge in [-0.3, -0.25) is 4.79 Å². The van der Waals surface area contributed by atoms with Gasteiger partial charge in [-0.2, -0.15) is 0 Å². The highest BCUT2D eigenvalue weighted by Gasteiger charge is 2.11. The first-order chi connectivity index (χ1) is 12.3. The van der Waals surface area contributed by atoms with Crippen molar-refractivity contribution in [3.05, 3.63) is 59.7 Å². The summed E-state index contributed by atoms with van der Waals surface area (Å²) in [5.41, 5.74) is 0.960. The zero-order chi connectivity index (χ0) is 19.2. The summed E-state index contributed by atoms with van der Waals surface area (Å²) < 4.78 is 27.2. The van der Waals surface area contributed by atoms with Crippen molar-refractivity contribution in [3.8, 4) is 5.75 Å². The molecule has 0 bridgehead atoms. The van der Waals surface area contributed by atoms with Gasteiger partial charge in [-0.25, -0.2) is 18.4 Å². The van der Waals surface area contributed by atoms with Crippen LogP contribution in [-0.2, 0) is 26.0 Å². The normalized spacial score (nSPS) is 11.0.